The monoisotopic (exact) mass is 360 g/mol. The van der Waals surface area contributed by atoms with Crippen molar-refractivity contribution in [1.29, 1.82) is 0 Å². The van der Waals surface area contributed by atoms with Crippen molar-refractivity contribution in [1.82, 2.24) is 0 Å². The number of esters is 2. The molecule has 1 aliphatic carbocycles. The van der Waals surface area contributed by atoms with Gasteiger partial charge in [0.05, 0.1) is 0 Å². The Morgan fingerprint density at radius 1 is 1.00 bits per heavy atom. The molecule has 0 heterocycles. The molecule has 0 N–H and O–H groups in total. The first-order valence-electron chi connectivity index (χ1n) is 7.83. The van der Waals surface area contributed by atoms with Crippen LogP contribution in [0.5, 0.6) is 5.75 Å². The summed E-state index contributed by atoms with van der Waals surface area (Å²) in [6.07, 6.45) is 1.62. The van der Waals surface area contributed by atoms with E-state index in [9.17, 15) is 18.4 Å². The van der Waals surface area contributed by atoms with Crippen LogP contribution in [-0.4, -0.2) is 11.9 Å². The Kier molecular flexibility index (Phi) is 5.87. The van der Waals surface area contributed by atoms with E-state index in [-0.39, 0.29) is 41.1 Å². The van der Waals surface area contributed by atoms with Crippen LogP contribution in [-0.2, 0) is 14.3 Å². The number of ether oxygens (including phenoxy) is 2. The third-order valence-corrected chi connectivity index (χ3v) is 3.60. The highest BCUT2D eigenvalue weighted by Crippen LogP contribution is 2.34. The molecule has 0 unspecified atom stereocenters. The molecule has 4 nitrogen and oxygen atoms in total. The minimum absolute atomic E-state index is 0.136. The third-order valence-electron chi connectivity index (χ3n) is 3.60. The molecule has 0 saturated carbocycles. The molecule has 0 spiro atoms. The van der Waals surface area contributed by atoms with Gasteiger partial charge < -0.3 is 9.47 Å². The molecular formula is C20H18F2O4. The molecule has 0 aliphatic heterocycles. The minimum atomic E-state index is -0.791. The van der Waals surface area contributed by atoms with Crippen LogP contribution < -0.4 is 4.74 Å². The molecule has 1 aromatic carbocycles. The average molecular weight is 360 g/mol. The Hall–Kier alpha value is -3.02. The van der Waals surface area contributed by atoms with Crippen molar-refractivity contribution < 1.29 is 27.8 Å². The summed E-state index contributed by atoms with van der Waals surface area (Å²) < 4.78 is 38.4. The number of rotatable bonds is 5. The molecule has 0 fully saturated rings. The van der Waals surface area contributed by atoms with Crippen molar-refractivity contribution in [2.75, 3.05) is 0 Å². The molecule has 0 atom stereocenters. The van der Waals surface area contributed by atoms with Gasteiger partial charge in [-0.1, -0.05) is 19.2 Å². The first-order chi connectivity index (χ1) is 12.2. The lowest BCUT2D eigenvalue weighted by atomic mass is 9.95. The van der Waals surface area contributed by atoms with Crippen molar-refractivity contribution in [3.8, 4) is 5.75 Å². The quantitative estimate of drug-likeness (QED) is 0.431. The van der Waals surface area contributed by atoms with Gasteiger partial charge in [0.1, 0.15) is 11.6 Å². The summed E-state index contributed by atoms with van der Waals surface area (Å²) in [4.78, 5) is 23.0. The topological polar surface area (TPSA) is 52.6 Å². The fourth-order valence-corrected chi connectivity index (χ4v) is 2.20. The van der Waals surface area contributed by atoms with Crippen molar-refractivity contribution in [3.05, 3.63) is 71.5 Å². The maximum atomic E-state index is 14.4. The molecule has 0 radical (unpaired) electrons. The molecule has 0 amide bonds. The number of benzene rings is 1. The smallest absolute Gasteiger partial charge is 0.338 e. The number of carbonyl (C=O) groups is 2. The summed E-state index contributed by atoms with van der Waals surface area (Å²) in [5.74, 6) is -2.85. The second-order valence-corrected chi connectivity index (χ2v) is 5.92. The fourth-order valence-electron chi connectivity index (χ4n) is 2.20. The lowest BCUT2D eigenvalue weighted by Gasteiger charge is -2.17. The van der Waals surface area contributed by atoms with Gasteiger partial charge >= 0.3 is 11.9 Å². The van der Waals surface area contributed by atoms with E-state index < -0.39 is 23.6 Å². The van der Waals surface area contributed by atoms with Crippen LogP contribution in [0.2, 0.25) is 0 Å². The minimum Gasteiger partial charge on any atom is -0.428 e. The largest absolute Gasteiger partial charge is 0.428 e. The first kappa shape index (κ1) is 19.3. The van der Waals surface area contributed by atoms with Gasteiger partial charge in [0.15, 0.2) is 11.6 Å². The highest BCUT2D eigenvalue weighted by Gasteiger charge is 2.20. The zero-order valence-corrected chi connectivity index (χ0v) is 14.5. The highest BCUT2D eigenvalue weighted by atomic mass is 19.1. The van der Waals surface area contributed by atoms with Crippen molar-refractivity contribution in [2.45, 2.75) is 26.7 Å². The Morgan fingerprint density at radius 3 is 2.15 bits per heavy atom. The molecule has 1 aromatic rings. The molecule has 2 rings (SSSR count). The zero-order chi connectivity index (χ0) is 19.4. The third kappa shape index (κ3) is 4.53. The van der Waals surface area contributed by atoms with Gasteiger partial charge in [0.2, 0.25) is 0 Å². The van der Waals surface area contributed by atoms with Crippen LogP contribution in [0, 0.1) is 5.82 Å². The molecule has 136 valence electrons. The molecule has 0 aromatic heterocycles. The second-order valence-electron chi connectivity index (χ2n) is 5.92. The van der Waals surface area contributed by atoms with Gasteiger partial charge in [-0.3, -0.25) is 0 Å². The number of carbonyl (C=O) groups excluding carboxylic acids is 2. The van der Waals surface area contributed by atoms with E-state index >= 15 is 0 Å². The average Bonchev–Trinajstić information content (AvgIpc) is 2.56. The van der Waals surface area contributed by atoms with Crippen LogP contribution in [0.25, 0.3) is 5.57 Å². The Bertz CT molecular complexity index is 863. The Labute approximate surface area is 150 Å². The van der Waals surface area contributed by atoms with E-state index in [4.69, 9.17) is 9.47 Å². The standard InChI is InChI=1S/C20H18F2O4/c1-11(2)19(23)25-14-6-7-15(16(21)10-14)13-5-8-18(17(22)9-13)26-20(24)12(3)4/h5,8-10H,1,3,6-7H2,2,4H3. The van der Waals surface area contributed by atoms with E-state index in [1.54, 1.807) is 0 Å². The predicted octanol–water partition coefficient (Wildman–Crippen LogP) is 4.78. The predicted molar refractivity (Wildman–Crippen MR) is 93.1 cm³/mol. The van der Waals surface area contributed by atoms with E-state index in [0.717, 1.165) is 12.1 Å². The van der Waals surface area contributed by atoms with Gasteiger partial charge in [-0.05, 0) is 43.5 Å². The summed E-state index contributed by atoms with van der Waals surface area (Å²) >= 11 is 0. The van der Waals surface area contributed by atoms with Gasteiger partial charge in [0, 0.05) is 23.6 Å². The van der Waals surface area contributed by atoms with Gasteiger partial charge in [-0.15, -0.1) is 0 Å². The lowest BCUT2D eigenvalue weighted by molar-refractivity contribution is -0.135. The summed E-state index contributed by atoms with van der Waals surface area (Å²) in [6.45, 7) is 9.82. The van der Waals surface area contributed by atoms with Gasteiger partial charge in [-0.25, -0.2) is 18.4 Å². The molecule has 6 heteroatoms. The van der Waals surface area contributed by atoms with Crippen LogP contribution in [0.1, 0.15) is 32.3 Å². The molecular weight excluding hydrogens is 342 g/mol. The van der Waals surface area contributed by atoms with Crippen LogP contribution in [0.3, 0.4) is 0 Å². The summed E-state index contributed by atoms with van der Waals surface area (Å²) in [5.41, 5.74) is 0.938. The van der Waals surface area contributed by atoms with Crippen LogP contribution in [0.15, 0.2) is 60.2 Å². The fraction of sp³-hybridized carbons (Fsp3) is 0.200. The van der Waals surface area contributed by atoms with E-state index in [0.29, 0.717) is 5.56 Å². The Morgan fingerprint density at radius 2 is 1.62 bits per heavy atom. The number of hydrogen-bond acceptors (Lipinski definition) is 4. The first-order valence-corrected chi connectivity index (χ1v) is 7.83. The van der Waals surface area contributed by atoms with Gasteiger partial charge in [0.25, 0.3) is 0 Å². The summed E-state index contributed by atoms with van der Waals surface area (Å²) in [5, 5.41) is 0. The van der Waals surface area contributed by atoms with E-state index in [1.165, 1.54) is 26.0 Å². The maximum absolute atomic E-state index is 14.4. The molecule has 26 heavy (non-hydrogen) atoms. The number of allylic oxidation sites excluding steroid dienone is 4. The van der Waals surface area contributed by atoms with Crippen molar-refractivity contribution in [2.24, 2.45) is 0 Å². The van der Waals surface area contributed by atoms with Crippen LogP contribution >= 0.6 is 0 Å². The van der Waals surface area contributed by atoms with Crippen molar-refractivity contribution >= 4 is 17.5 Å². The lowest BCUT2D eigenvalue weighted by Crippen LogP contribution is -2.10. The second kappa shape index (κ2) is 7.91. The SMILES string of the molecule is C=C(C)C(=O)OC1=CC(F)=C(c2ccc(OC(=O)C(=C)C)c(F)c2)CC1. The van der Waals surface area contributed by atoms with Gasteiger partial charge in [-0.2, -0.15) is 0 Å². The van der Waals surface area contributed by atoms with E-state index in [1.807, 2.05) is 0 Å². The summed E-state index contributed by atoms with van der Waals surface area (Å²) in [6, 6.07) is 3.80. The summed E-state index contributed by atoms with van der Waals surface area (Å²) in [7, 11) is 0. The molecule has 0 bridgehead atoms. The number of hydrogen-bond donors (Lipinski definition) is 0. The molecule has 0 saturated heterocycles. The normalized spacial score (nSPS) is 13.8. The maximum Gasteiger partial charge on any atom is 0.338 e. The van der Waals surface area contributed by atoms with Crippen LogP contribution in [0.4, 0.5) is 8.78 Å². The zero-order valence-electron chi connectivity index (χ0n) is 14.5. The van der Waals surface area contributed by atoms with Crippen molar-refractivity contribution in [3.63, 3.8) is 0 Å². The molecule has 1 aliphatic rings. The van der Waals surface area contributed by atoms with E-state index in [2.05, 4.69) is 13.2 Å². The highest BCUT2D eigenvalue weighted by molar-refractivity contribution is 5.89. The number of halogens is 2. The Balaban J connectivity index is 2.23.